The van der Waals surface area contributed by atoms with Gasteiger partial charge in [-0.25, -0.2) is 18.6 Å². The highest BCUT2D eigenvalue weighted by Crippen LogP contribution is 2.39. The molecule has 1 aromatic carbocycles. The summed E-state index contributed by atoms with van der Waals surface area (Å²) >= 11 is 6.09. The molecule has 1 aliphatic carbocycles. The van der Waals surface area contributed by atoms with Crippen LogP contribution in [0.2, 0.25) is 5.02 Å². The Morgan fingerprint density at radius 1 is 1.38 bits per heavy atom. The van der Waals surface area contributed by atoms with Crippen molar-refractivity contribution in [2.75, 3.05) is 13.7 Å². The van der Waals surface area contributed by atoms with Crippen molar-refractivity contribution in [2.24, 2.45) is 0 Å². The first-order valence-corrected chi connectivity index (χ1v) is 8.49. The molecule has 1 fully saturated rings. The monoisotopic (exact) mass is 382 g/mol. The molecule has 0 aliphatic heterocycles. The van der Waals surface area contributed by atoms with Gasteiger partial charge in [-0.15, -0.1) is 0 Å². The molecule has 1 saturated carbocycles. The number of rotatable bonds is 7. The van der Waals surface area contributed by atoms with Crippen LogP contribution in [0.1, 0.15) is 46.2 Å². The van der Waals surface area contributed by atoms with Crippen LogP contribution >= 0.6 is 11.6 Å². The van der Waals surface area contributed by atoms with E-state index in [0.29, 0.717) is 17.2 Å². The zero-order valence-corrected chi connectivity index (χ0v) is 14.8. The molecule has 1 heterocycles. The molecule has 0 atom stereocenters. The van der Waals surface area contributed by atoms with Gasteiger partial charge in [0.2, 0.25) is 0 Å². The lowest BCUT2D eigenvalue weighted by Gasteiger charge is -2.14. The van der Waals surface area contributed by atoms with Crippen molar-refractivity contribution in [1.29, 1.82) is 0 Å². The van der Waals surface area contributed by atoms with Crippen molar-refractivity contribution in [3.8, 4) is 5.75 Å². The number of hydrogen-bond donors (Lipinski definition) is 0. The number of esters is 1. The molecule has 0 radical (unpaired) electrons. The summed E-state index contributed by atoms with van der Waals surface area (Å²) in [5, 5.41) is 0.213. The fraction of sp³-hybridized carbons (Fsp3) is 0.389. The zero-order valence-electron chi connectivity index (χ0n) is 14.0. The van der Waals surface area contributed by atoms with Crippen molar-refractivity contribution in [1.82, 2.24) is 9.97 Å². The molecular weight excluding hydrogens is 366 g/mol. The van der Waals surface area contributed by atoms with E-state index in [2.05, 4.69) is 9.97 Å². The van der Waals surface area contributed by atoms with Crippen molar-refractivity contribution < 1.29 is 23.0 Å². The fourth-order valence-electron chi connectivity index (χ4n) is 2.57. The number of benzene rings is 1. The summed E-state index contributed by atoms with van der Waals surface area (Å²) < 4.78 is 35.0. The van der Waals surface area contributed by atoms with Crippen LogP contribution in [-0.4, -0.2) is 36.1 Å². The summed E-state index contributed by atoms with van der Waals surface area (Å²) in [6, 6.07) is 4.91. The summed E-state index contributed by atoms with van der Waals surface area (Å²) in [5.41, 5.74) is 1.80. The molecule has 1 aromatic heterocycles. The molecule has 2 aromatic rings. The Balaban J connectivity index is 1.93. The Morgan fingerprint density at radius 3 is 2.81 bits per heavy atom. The largest absolute Gasteiger partial charge is 0.486 e. The van der Waals surface area contributed by atoms with Gasteiger partial charge in [0.1, 0.15) is 12.4 Å². The van der Waals surface area contributed by atoms with Gasteiger partial charge >= 0.3 is 5.97 Å². The van der Waals surface area contributed by atoms with Gasteiger partial charge in [-0.05, 0) is 18.9 Å². The second-order valence-corrected chi connectivity index (χ2v) is 6.37. The number of nitrogens with zero attached hydrogens (tertiary/aromatic N) is 2. The van der Waals surface area contributed by atoms with Gasteiger partial charge in [0, 0.05) is 24.1 Å². The number of carbonyl (C=O) groups is 1. The smallest absolute Gasteiger partial charge is 0.358 e. The van der Waals surface area contributed by atoms with Crippen LogP contribution in [0.5, 0.6) is 5.75 Å². The molecule has 0 amide bonds. The van der Waals surface area contributed by atoms with E-state index in [9.17, 15) is 13.6 Å². The molecular formula is C18H17ClF2N2O3. The molecule has 0 N–H and O–H groups in total. The van der Waals surface area contributed by atoms with Gasteiger partial charge in [-0.1, -0.05) is 23.7 Å². The molecule has 3 rings (SSSR count). The van der Waals surface area contributed by atoms with E-state index in [1.165, 1.54) is 7.11 Å². The maximum absolute atomic E-state index is 12.5. The number of aromatic nitrogens is 2. The Labute approximate surface area is 154 Å². The third-order valence-corrected chi connectivity index (χ3v) is 4.30. The standard InChI is InChI=1S/C18H17ClF2N2O3/c1-25-18(24)16-13(22-8-14(23-16)10-5-6-10)7-11-3-2-4-12(19)17(11)26-9-15(20)21/h2-4,8,10,15H,5-7,9H2,1H3. The lowest BCUT2D eigenvalue weighted by Crippen LogP contribution is -2.14. The van der Waals surface area contributed by atoms with E-state index in [4.69, 9.17) is 21.1 Å². The third-order valence-electron chi connectivity index (χ3n) is 4.00. The summed E-state index contributed by atoms with van der Waals surface area (Å²) in [7, 11) is 1.27. The van der Waals surface area contributed by atoms with Crippen molar-refractivity contribution >= 4 is 17.6 Å². The molecule has 26 heavy (non-hydrogen) atoms. The molecule has 1 aliphatic rings. The van der Waals surface area contributed by atoms with E-state index < -0.39 is 19.0 Å². The quantitative estimate of drug-likeness (QED) is 0.676. The Hall–Kier alpha value is -2.28. The highest BCUT2D eigenvalue weighted by molar-refractivity contribution is 6.32. The Bertz CT molecular complexity index is 813. The minimum Gasteiger partial charge on any atom is -0.486 e. The van der Waals surface area contributed by atoms with Crippen LogP contribution in [0.4, 0.5) is 8.78 Å². The first-order chi connectivity index (χ1) is 12.5. The van der Waals surface area contributed by atoms with Gasteiger partial charge in [-0.2, -0.15) is 0 Å². The lowest BCUT2D eigenvalue weighted by atomic mass is 10.1. The number of alkyl halides is 2. The van der Waals surface area contributed by atoms with Crippen molar-refractivity contribution in [3.63, 3.8) is 0 Å². The zero-order chi connectivity index (χ0) is 18.7. The molecule has 0 unspecified atom stereocenters. The average molecular weight is 383 g/mol. The third kappa shape index (κ3) is 4.27. The minimum atomic E-state index is -2.62. The molecule has 0 saturated heterocycles. The average Bonchev–Trinajstić information content (AvgIpc) is 3.46. The van der Waals surface area contributed by atoms with Crippen molar-refractivity contribution in [2.45, 2.75) is 31.6 Å². The highest BCUT2D eigenvalue weighted by atomic mass is 35.5. The number of para-hydroxylation sites is 1. The van der Waals surface area contributed by atoms with Crippen LogP contribution in [0.15, 0.2) is 24.4 Å². The van der Waals surface area contributed by atoms with Crippen LogP contribution in [-0.2, 0) is 11.2 Å². The predicted molar refractivity (Wildman–Crippen MR) is 91.1 cm³/mol. The van der Waals surface area contributed by atoms with E-state index in [1.54, 1.807) is 24.4 Å². The number of methoxy groups -OCH3 is 1. The second kappa shape index (κ2) is 7.95. The van der Waals surface area contributed by atoms with E-state index in [-0.39, 0.29) is 22.9 Å². The predicted octanol–water partition coefficient (Wildman–Crippen LogP) is 4.03. The van der Waals surface area contributed by atoms with Crippen LogP contribution in [0.3, 0.4) is 0 Å². The molecule has 0 bridgehead atoms. The van der Waals surface area contributed by atoms with E-state index >= 15 is 0 Å². The SMILES string of the molecule is COC(=O)c1nc(C2CC2)cnc1Cc1cccc(Cl)c1OCC(F)F. The topological polar surface area (TPSA) is 61.3 Å². The number of halogens is 3. The highest BCUT2D eigenvalue weighted by Gasteiger charge is 2.28. The maximum atomic E-state index is 12.5. The summed E-state index contributed by atoms with van der Waals surface area (Å²) in [6.45, 7) is -0.771. The number of carbonyl (C=O) groups excluding carboxylic acids is 1. The van der Waals surface area contributed by atoms with Gasteiger partial charge in [0.05, 0.1) is 23.5 Å². The number of ether oxygens (including phenoxy) is 2. The lowest BCUT2D eigenvalue weighted by molar-refractivity contribution is 0.0591. The molecule has 5 nitrogen and oxygen atoms in total. The minimum absolute atomic E-state index is 0.122. The van der Waals surface area contributed by atoms with Gasteiger partial charge in [0.25, 0.3) is 6.43 Å². The fourth-order valence-corrected chi connectivity index (χ4v) is 2.82. The Kier molecular flexibility index (Phi) is 5.66. The normalized spacial score (nSPS) is 13.7. The summed E-state index contributed by atoms with van der Waals surface area (Å²) in [6.07, 6.45) is 1.22. The summed E-state index contributed by atoms with van der Waals surface area (Å²) in [4.78, 5) is 20.9. The maximum Gasteiger partial charge on any atom is 0.358 e. The second-order valence-electron chi connectivity index (χ2n) is 5.96. The Morgan fingerprint density at radius 2 is 2.15 bits per heavy atom. The number of hydrogen-bond acceptors (Lipinski definition) is 5. The first kappa shape index (κ1) is 18.5. The van der Waals surface area contributed by atoms with Crippen LogP contribution < -0.4 is 4.74 Å². The molecule has 8 heteroatoms. The van der Waals surface area contributed by atoms with E-state index in [1.807, 2.05) is 0 Å². The van der Waals surface area contributed by atoms with Crippen LogP contribution in [0, 0.1) is 0 Å². The summed E-state index contributed by atoms with van der Waals surface area (Å²) in [5.74, 6) is -0.110. The van der Waals surface area contributed by atoms with E-state index in [0.717, 1.165) is 18.5 Å². The van der Waals surface area contributed by atoms with Crippen LogP contribution in [0.25, 0.3) is 0 Å². The molecule has 0 spiro atoms. The van der Waals surface area contributed by atoms with Gasteiger partial charge in [0.15, 0.2) is 5.69 Å². The first-order valence-electron chi connectivity index (χ1n) is 8.12. The molecule has 138 valence electrons. The van der Waals surface area contributed by atoms with Gasteiger partial charge in [-0.3, -0.25) is 4.98 Å². The van der Waals surface area contributed by atoms with Crippen molar-refractivity contribution in [3.05, 3.63) is 52.1 Å². The van der Waals surface area contributed by atoms with Gasteiger partial charge < -0.3 is 9.47 Å².